The van der Waals surface area contributed by atoms with Gasteiger partial charge in [-0.2, -0.15) is 0 Å². The molecule has 200 valence electrons. The average molecular weight is 532 g/mol. The van der Waals surface area contributed by atoms with Gasteiger partial charge in [0.25, 0.3) is 0 Å². The van der Waals surface area contributed by atoms with Gasteiger partial charge < -0.3 is 20.1 Å². The van der Waals surface area contributed by atoms with Crippen molar-refractivity contribution < 1.29 is 9.47 Å². The van der Waals surface area contributed by atoms with Crippen LogP contribution in [-0.2, 0) is 12.8 Å². The van der Waals surface area contributed by atoms with Crippen molar-refractivity contribution in [1.29, 1.82) is 0 Å². The van der Waals surface area contributed by atoms with Gasteiger partial charge in [0.1, 0.15) is 11.5 Å². The Morgan fingerprint density at radius 2 is 1.55 bits per heavy atom. The summed E-state index contributed by atoms with van der Waals surface area (Å²) in [5.74, 6) is 3.30. The van der Waals surface area contributed by atoms with Gasteiger partial charge in [-0.25, -0.2) is 15.0 Å². The summed E-state index contributed by atoms with van der Waals surface area (Å²) in [6.07, 6.45) is 7.65. The fourth-order valence-corrected chi connectivity index (χ4v) is 4.88. The minimum absolute atomic E-state index is 0.470. The number of ether oxygens (including phenoxy) is 2. The summed E-state index contributed by atoms with van der Waals surface area (Å²) in [6.45, 7) is 0. The van der Waals surface area contributed by atoms with E-state index in [1.54, 1.807) is 26.6 Å². The zero-order chi connectivity index (χ0) is 27.3. The van der Waals surface area contributed by atoms with Gasteiger partial charge in [0.05, 0.1) is 24.1 Å². The van der Waals surface area contributed by atoms with Gasteiger partial charge in [-0.3, -0.25) is 0 Å². The Hall–Kier alpha value is -5.05. The minimum atomic E-state index is 0.470. The van der Waals surface area contributed by atoms with Crippen LogP contribution < -0.4 is 20.1 Å². The lowest BCUT2D eigenvalue weighted by Gasteiger charge is -2.21. The number of hydrogen-bond acceptors (Lipinski definition) is 9. The van der Waals surface area contributed by atoms with Crippen LogP contribution in [0.5, 0.6) is 17.4 Å². The molecular weight excluding hydrogens is 502 g/mol. The molecule has 2 N–H and O–H groups in total. The van der Waals surface area contributed by atoms with Crippen LogP contribution in [-0.4, -0.2) is 39.3 Å². The molecule has 1 aliphatic carbocycles. The van der Waals surface area contributed by atoms with Crippen LogP contribution in [0.15, 0.2) is 79.1 Å². The lowest BCUT2D eigenvalue weighted by molar-refractivity contribution is 0.415. The van der Waals surface area contributed by atoms with Gasteiger partial charge in [0.15, 0.2) is 5.82 Å². The van der Waals surface area contributed by atoms with E-state index in [4.69, 9.17) is 9.47 Å². The molecule has 3 aromatic heterocycles. The monoisotopic (exact) mass is 531 g/mol. The third-order valence-electron chi connectivity index (χ3n) is 6.91. The molecule has 5 aromatic rings. The molecule has 0 amide bonds. The van der Waals surface area contributed by atoms with Crippen molar-refractivity contribution in [2.75, 3.05) is 24.8 Å². The fourth-order valence-electron chi connectivity index (χ4n) is 4.88. The number of aromatic nitrogens is 5. The third-order valence-corrected chi connectivity index (χ3v) is 6.91. The molecule has 0 bridgehead atoms. The van der Waals surface area contributed by atoms with Gasteiger partial charge in [-0.1, -0.05) is 0 Å². The summed E-state index contributed by atoms with van der Waals surface area (Å²) in [7, 11) is 3.46. The molecule has 0 aliphatic heterocycles. The molecule has 9 nitrogen and oxygen atoms in total. The maximum atomic E-state index is 6.16. The molecular formula is C31H29N7O2. The van der Waals surface area contributed by atoms with E-state index < -0.39 is 0 Å². The SMILES string of the molecule is CNc1nccc(-c2cccnc2Oc2ccc(Nc3nnc(-c4ccc(OC)cc4)c4c3CCCC4)cc2)n1. The van der Waals surface area contributed by atoms with E-state index in [2.05, 4.69) is 35.8 Å². The van der Waals surface area contributed by atoms with Crippen LogP contribution in [0.25, 0.3) is 22.5 Å². The van der Waals surface area contributed by atoms with Gasteiger partial charge in [-0.05, 0) is 98.0 Å². The molecule has 1 aliphatic rings. The summed E-state index contributed by atoms with van der Waals surface area (Å²) in [5.41, 5.74) is 6.91. The zero-order valence-electron chi connectivity index (χ0n) is 22.4. The molecule has 2 aromatic carbocycles. The lowest BCUT2D eigenvalue weighted by Crippen LogP contribution is -2.12. The highest BCUT2D eigenvalue weighted by Gasteiger charge is 2.21. The summed E-state index contributed by atoms with van der Waals surface area (Å²) in [4.78, 5) is 13.2. The molecule has 9 heteroatoms. The summed E-state index contributed by atoms with van der Waals surface area (Å²) < 4.78 is 11.5. The minimum Gasteiger partial charge on any atom is -0.497 e. The topological polar surface area (TPSA) is 107 Å². The number of methoxy groups -OCH3 is 1. The van der Waals surface area contributed by atoms with Crippen LogP contribution in [0.2, 0.25) is 0 Å². The normalized spacial score (nSPS) is 12.3. The smallest absolute Gasteiger partial charge is 0.228 e. The fraction of sp³-hybridized carbons (Fsp3) is 0.194. The predicted octanol–water partition coefficient (Wildman–Crippen LogP) is 6.46. The van der Waals surface area contributed by atoms with Crippen molar-refractivity contribution >= 4 is 17.5 Å². The van der Waals surface area contributed by atoms with Crippen molar-refractivity contribution in [2.24, 2.45) is 0 Å². The molecule has 0 saturated carbocycles. The molecule has 40 heavy (non-hydrogen) atoms. The molecule has 0 unspecified atom stereocenters. The van der Waals surface area contributed by atoms with Crippen molar-refractivity contribution in [3.8, 4) is 39.9 Å². The van der Waals surface area contributed by atoms with E-state index in [-0.39, 0.29) is 0 Å². The third kappa shape index (κ3) is 5.26. The molecule has 0 atom stereocenters. The summed E-state index contributed by atoms with van der Waals surface area (Å²) >= 11 is 0. The Morgan fingerprint density at radius 1 is 0.775 bits per heavy atom. The highest BCUT2D eigenvalue weighted by molar-refractivity contribution is 5.71. The van der Waals surface area contributed by atoms with E-state index in [0.717, 1.165) is 65.5 Å². The molecule has 0 fully saturated rings. The number of nitrogens with zero attached hydrogens (tertiary/aromatic N) is 5. The predicted molar refractivity (Wildman–Crippen MR) is 155 cm³/mol. The quantitative estimate of drug-likeness (QED) is 0.233. The molecule has 0 spiro atoms. The molecule has 0 radical (unpaired) electrons. The van der Waals surface area contributed by atoms with Gasteiger partial charge in [0.2, 0.25) is 11.8 Å². The first-order valence-electron chi connectivity index (χ1n) is 13.3. The van der Waals surface area contributed by atoms with Crippen LogP contribution in [0.4, 0.5) is 17.5 Å². The zero-order valence-corrected chi connectivity index (χ0v) is 22.4. The van der Waals surface area contributed by atoms with E-state index in [1.807, 2.05) is 66.7 Å². The standard InChI is InChI=1S/C31H29N7O2/c1-32-31-34-19-17-27(36-31)26-8-5-18-33-30(26)40-23-15-11-21(12-16-23)35-29-25-7-4-3-6-24(25)28(37-38-29)20-9-13-22(39-2)14-10-20/h5,8-19H,3-4,6-7H2,1-2H3,(H,35,38)(H,32,34,36). The maximum absolute atomic E-state index is 6.16. The van der Waals surface area contributed by atoms with Gasteiger partial charge >= 0.3 is 0 Å². The van der Waals surface area contributed by atoms with Crippen LogP contribution >= 0.6 is 0 Å². The Morgan fingerprint density at radius 3 is 2.33 bits per heavy atom. The number of nitrogens with one attached hydrogen (secondary N) is 2. The molecule has 6 rings (SSSR count). The van der Waals surface area contributed by atoms with Crippen LogP contribution in [0.3, 0.4) is 0 Å². The first-order valence-corrected chi connectivity index (χ1v) is 13.3. The highest BCUT2D eigenvalue weighted by atomic mass is 16.5. The average Bonchev–Trinajstić information content (AvgIpc) is 3.02. The van der Waals surface area contributed by atoms with Crippen LogP contribution in [0.1, 0.15) is 24.0 Å². The Labute approximate surface area is 232 Å². The number of fused-ring (bicyclic) bond motifs is 1. The Bertz CT molecular complexity index is 1620. The van der Waals surface area contributed by atoms with E-state index in [1.165, 1.54) is 11.1 Å². The maximum Gasteiger partial charge on any atom is 0.228 e. The second kappa shape index (κ2) is 11.4. The number of rotatable bonds is 8. The number of anilines is 3. The lowest BCUT2D eigenvalue weighted by atomic mass is 9.89. The van der Waals surface area contributed by atoms with E-state index in [0.29, 0.717) is 17.6 Å². The van der Waals surface area contributed by atoms with Gasteiger partial charge in [-0.15, -0.1) is 10.2 Å². The molecule has 0 saturated heterocycles. The van der Waals surface area contributed by atoms with Gasteiger partial charge in [0, 0.05) is 36.3 Å². The highest BCUT2D eigenvalue weighted by Crippen LogP contribution is 2.35. The first-order chi connectivity index (χ1) is 19.7. The van der Waals surface area contributed by atoms with Crippen molar-refractivity contribution in [3.05, 3.63) is 90.3 Å². The first kappa shape index (κ1) is 25.2. The Kier molecular flexibility index (Phi) is 7.17. The number of benzene rings is 2. The van der Waals surface area contributed by atoms with E-state index in [9.17, 15) is 0 Å². The van der Waals surface area contributed by atoms with Crippen LogP contribution in [0, 0.1) is 0 Å². The summed E-state index contributed by atoms with van der Waals surface area (Å²) in [5, 5.41) is 15.7. The van der Waals surface area contributed by atoms with E-state index >= 15 is 0 Å². The van der Waals surface area contributed by atoms with Crippen molar-refractivity contribution in [3.63, 3.8) is 0 Å². The second-order valence-electron chi connectivity index (χ2n) is 9.41. The molecule has 3 heterocycles. The summed E-state index contributed by atoms with van der Waals surface area (Å²) in [6, 6.07) is 21.4. The second-order valence-corrected chi connectivity index (χ2v) is 9.41. The Balaban J connectivity index is 1.22. The van der Waals surface area contributed by atoms with Crippen molar-refractivity contribution in [2.45, 2.75) is 25.7 Å². The number of pyridine rings is 1. The van der Waals surface area contributed by atoms with Crippen molar-refractivity contribution in [1.82, 2.24) is 25.1 Å². The number of hydrogen-bond donors (Lipinski definition) is 2. The largest absolute Gasteiger partial charge is 0.497 e.